The van der Waals surface area contributed by atoms with Gasteiger partial charge in [0.05, 0.1) is 13.2 Å². The fraction of sp³-hybridized carbons (Fsp3) is 0.533. The zero-order chi connectivity index (χ0) is 13.7. The van der Waals surface area contributed by atoms with E-state index in [2.05, 4.69) is 6.92 Å². The molecular formula is C15H21NO3. The summed E-state index contributed by atoms with van der Waals surface area (Å²) in [5.74, 6) is 0.772. The fourth-order valence-corrected chi connectivity index (χ4v) is 2.10. The first-order chi connectivity index (χ1) is 9.20. The minimum atomic E-state index is -0.453. The summed E-state index contributed by atoms with van der Waals surface area (Å²) in [4.78, 5) is 14.0. The maximum absolute atomic E-state index is 12.2. The standard InChI is InChI=1S/C15H21NO3/c1-3-13-4-6-14(7-5-13)19-12(2)15(17)16-8-10-18-11-9-16/h4-7,12H,3,8-11H2,1-2H3/t12-/m1/s1. The molecule has 2 rings (SSSR count). The molecule has 0 bridgehead atoms. The van der Waals surface area contributed by atoms with Gasteiger partial charge >= 0.3 is 0 Å². The third kappa shape index (κ3) is 3.70. The lowest BCUT2D eigenvalue weighted by atomic mass is 10.2. The van der Waals surface area contributed by atoms with Crippen LogP contribution >= 0.6 is 0 Å². The molecule has 1 aromatic rings. The van der Waals surface area contributed by atoms with Crippen LogP contribution in [0.25, 0.3) is 0 Å². The molecule has 1 heterocycles. The summed E-state index contributed by atoms with van der Waals surface area (Å²) in [6.07, 6.45) is 0.549. The van der Waals surface area contributed by atoms with E-state index in [-0.39, 0.29) is 5.91 Å². The van der Waals surface area contributed by atoms with E-state index in [1.807, 2.05) is 24.3 Å². The van der Waals surface area contributed by atoms with Crippen molar-refractivity contribution in [3.05, 3.63) is 29.8 Å². The molecule has 0 unspecified atom stereocenters. The molecule has 1 amide bonds. The van der Waals surface area contributed by atoms with E-state index in [0.717, 1.165) is 12.2 Å². The smallest absolute Gasteiger partial charge is 0.263 e. The lowest BCUT2D eigenvalue weighted by Crippen LogP contribution is -2.46. The third-order valence-electron chi connectivity index (χ3n) is 3.31. The first-order valence-corrected chi connectivity index (χ1v) is 6.83. The van der Waals surface area contributed by atoms with E-state index in [4.69, 9.17) is 9.47 Å². The highest BCUT2D eigenvalue weighted by Crippen LogP contribution is 2.15. The van der Waals surface area contributed by atoms with Gasteiger partial charge in [0.15, 0.2) is 6.10 Å². The highest BCUT2D eigenvalue weighted by molar-refractivity contribution is 5.81. The van der Waals surface area contributed by atoms with Crippen LogP contribution in [0.1, 0.15) is 19.4 Å². The number of amides is 1. The maximum Gasteiger partial charge on any atom is 0.263 e. The molecule has 1 aliphatic heterocycles. The molecule has 1 aliphatic rings. The van der Waals surface area contributed by atoms with E-state index in [9.17, 15) is 4.79 Å². The molecule has 4 nitrogen and oxygen atoms in total. The summed E-state index contributed by atoms with van der Waals surface area (Å²) in [7, 11) is 0. The van der Waals surface area contributed by atoms with E-state index in [1.165, 1.54) is 5.56 Å². The van der Waals surface area contributed by atoms with Crippen molar-refractivity contribution in [1.82, 2.24) is 4.90 Å². The number of benzene rings is 1. The lowest BCUT2D eigenvalue weighted by Gasteiger charge is -2.29. The second-order valence-electron chi connectivity index (χ2n) is 4.70. The Morgan fingerprint density at radius 2 is 1.95 bits per heavy atom. The Bertz CT molecular complexity index is 410. The average Bonchev–Trinajstić information content (AvgIpc) is 2.48. The summed E-state index contributed by atoms with van der Waals surface area (Å²) < 4.78 is 10.9. The van der Waals surface area contributed by atoms with E-state index < -0.39 is 6.10 Å². The second-order valence-corrected chi connectivity index (χ2v) is 4.70. The van der Waals surface area contributed by atoms with Gasteiger partial charge in [0.1, 0.15) is 5.75 Å². The molecule has 1 saturated heterocycles. The van der Waals surface area contributed by atoms with Gasteiger partial charge in [-0.1, -0.05) is 19.1 Å². The van der Waals surface area contributed by atoms with Gasteiger partial charge in [-0.15, -0.1) is 0 Å². The van der Waals surface area contributed by atoms with Crippen molar-refractivity contribution >= 4 is 5.91 Å². The largest absolute Gasteiger partial charge is 0.481 e. The van der Waals surface area contributed by atoms with Crippen molar-refractivity contribution in [2.24, 2.45) is 0 Å². The summed E-state index contributed by atoms with van der Waals surface area (Å²) in [5, 5.41) is 0. The molecule has 0 aliphatic carbocycles. The Labute approximate surface area is 114 Å². The minimum absolute atomic E-state index is 0.0304. The number of rotatable bonds is 4. The highest BCUT2D eigenvalue weighted by atomic mass is 16.5. The van der Waals surface area contributed by atoms with Crippen LogP contribution in [0.15, 0.2) is 24.3 Å². The molecule has 0 aromatic heterocycles. The molecule has 1 fully saturated rings. The lowest BCUT2D eigenvalue weighted by molar-refractivity contribution is -0.142. The molecule has 0 spiro atoms. The molecule has 1 aromatic carbocycles. The van der Waals surface area contributed by atoms with Crippen LogP contribution in [0, 0.1) is 0 Å². The maximum atomic E-state index is 12.2. The number of carbonyl (C=O) groups is 1. The molecule has 19 heavy (non-hydrogen) atoms. The van der Waals surface area contributed by atoms with Crippen molar-refractivity contribution in [3.8, 4) is 5.75 Å². The first kappa shape index (κ1) is 13.9. The molecule has 104 valence electrons. The van der Waals surface area contributed by atoms with Gasteiger partial charge in [0.2, 0.25) is 0 Å². The topological polar surface area (TPSA) is 38.8 Å². The molecule has 4 heteroatoms. The van der Waals surface area contributed by atoms with E-state index >= 15 is 0 Å². The van der Waals surface area contributed by atoms with Crippen molar-refractivity contribution < 1.29 is 14.3 Å². The fourth-order valence-electron chi connectivity index (χ4n) is 2.10. The number of hydrogen-bond acceptors (Lipinski definition) is 3. The number of morpholine rings is 1. The number of carbonyl (C=O) groups excluding carboxylic acids is 1. The molecule has 1 atom stereocenters. The van der Waals surface area contributed by atoms with E-state index in [0.29, 0.717) is 26.3 Å². The van der Waals surface area contributed by atoms with Gasteiger partial charge in [-0.2, -0.15) is 0 Å². The predicted molar refractivity (Wildman–Crippen MR) is 73.3 cm³/mol. The Morgan fingerprint density at radius 3 is 2.53 bits per heavy atom. The van der Waals surface area contributed by atoms with Gasteiger partial charge < -0.3 is 14.4 Å². The zero-order valence-electron chi connectivity index (χ0n) is 11.6. The second kappa shape index (κ2) is 6.57. The van der Waals surface area contributed by atoms with Crippen LogP contribution in [-0.4, -0.2) is 43.2 Å². The van der Waals surface area contributed by atoms with Crippen molar-refractivity contribution in [1.29, 1.82) is 0 Å². The Balaban J connectivity index is 1.91. The minimum Gasteiger partial charge on any atom is -0.481 e. The summed E-state index contributed by atoms with van der Waals surface area (Å²) >= 11 is 0. The van der Waals surface area contributed by atoms with Gasteiger partial charge in [0.25, 0.3) is 5.91 Å². The number of ether oxygens (including phenoxy) is 2. The zero-order valence-corrected chi connectivity index (χ0v) is 11.6. The number of hydrogen-bond donors (Lipinski definition) is 0. The average molecular weight is 263 g/mol. The van der Waals surface area contributed by atoms with Crippen LogP contribution in [-0.2, 0) is 16.0 Å². The Morgan fingerprint density at radius 1 is 1.32 bits per heavy atom. The van der Waals surface area contributed by atoms with Crippen LogP contribution in [0.4, 0.5) is 0 Å². The predicted octanol–water partition coefficient (Wildman–Crippen LogP) is 1.88. The molecule has 0 radical (unpaired) electrons. The number of nitrogens with zero attached hydrogens (tertiary/aromatic N) is 1. The third-order valence-corrected chi connectivity index (χ3v) is 3.31. The van der Waals surface area contributed by atoms with Gasteiger partial charge in [-0.25, -0.2) is 0 Å². The quantitative estimate of drug-likeness (QED) is 0.832. The highest BCUT2D eigenvalue weighted by Gasteiger charge is 2.23. The van der Waals surface area contributed by atoms with Crippen LogP contribution in [0.3, 0.4) is 0 Å². The van der Waals surface area contributed by atoms with Crippen molar-refractivity contribution in [3.63, 3.8) is 0 Å². The SMILES string of the molecule is CCc1ccc(O[C@H](C)C(=O)N2CCOCC2)cc1. The van der Waals surface area contributed by atoms with Crippen LogP contribution in [0.5, 0.6) is 5.75 Å². The van der Waals surface area contributed by atoms with Crippen LogP contribution in [0.2, 0.25) is 0 Å². The van der Waals surface area contributed by atoms with Crippen molar-refractivity contribution in [2.45, 2.75) is 26.4 Å². The van der Waals surface area contributed by atoms with Gasteiger partial charge in [-0.05, 0) is 31.0 Å². The normalized spacial score (nSPS) is 17.1. The summed E-state index contributed by atoms with van der Waals surface area (Å²) in [6, 6.07) is 7.90. The molecular weight excluding hydrogens is 242 g/mol. The summed E-state index contributed by atoms with van der Waals surface area (Å²) in [6.45, 7) is 6.45. The summed E-state index contributed by atoms with van der Waals surface area (Å²) in [5.41, 5.74) is 1.26. The molecule has 0 N–H and O–H groups in total. The Kier molecular flexibility index (Phi) is 4.80. The first-order valence-electron chi connectivity index (χ1n) is 6.83. The van der Waals surface area contributed by atoms with Crippen LogP contribution < -0.4 is 4.74 Å². The van der Waals surface area contributed by atoms with E-state index in [1.54, 1.807) is 11.8 Å². The Hall–Kier alpha value is -1.55. The van der Waals surface area contributed by atoms with Crippen molar-refractivity contribution in [2.75, 3.05) is 26.3 Å². The monoisotopic (exact) mass is 263 g/mol. The number of aryl methyl sites for hydroxylation is 1. The van der Waals surface area contributed by atoms with Gasteiger partial charge in [-0.3, -0.25) is 4.79 Å². The molecule has 0 saturated carbocycles. The van der Waals surface area contributed by atoms with Gasteiger partial charge in [0, 0.05) is 13.1 Å².